The molecule has 1 aromatic heterocycles. The number of hydrogen-bond acceptors (Lipinski definition) is 2. The third-order valence-electron chi connectivity index (χ3n) is 3.31. The monoisotopic (exact) mass is 289 g/mol. The topological polar surface area (TPSA) is 43.8 Å². The fourth-order valence-corrected chi connectivity index (χ4v) is 2.58. The molecule has 2 aromatic rings. The van der Waals surface area contributed by atoms with Gasteiger partial charge in [0.25, 0.3) is 0 Å². The molecule has 0 spiro atoms. The molecule has 1 aromatic carbocycles. The van der Waals surface area contributed by atoms with Gasteiger partial charge in [-0.3, -0.25) is 0 Å². The van der Waals surface area contributed by atoms with E-state index in [2.05, 4.69) is 13.5 Å². The number of imidazole rings is 1. The van der Waals surface area contributed by atoms with E-state index in [-0.39, 0.29) is 0 Å². The summed E-state index contributed by atoms with van der Waals surface area (Å²) in [6.07, 6.45) is 3.78. The van der Waals surface area contributed by atoms with Crippen LogP contribution in [0.3, 0.4) is 0 Å². The highest BCUT2D eigenvalue weighted by atomic mass is 35.5. The number of aromatic nitrogens is 2. The van der Waals surface area contributed by atoms with Crippen LogP contribution in [-0.4, -0.2) is 9.55 Å². The Morgan fingerprint density at radius 1 is 1.45 bits per heavy atom. The second kappa shape index (κ2) is 6.14. The van der Waals surface area contributed by atoms with Crippen molar-refractivity contribution in [3.05, 3.63) is 47.3 Å². The number of hydrogen-bond donors (Lipinski definition) is 1. The maximum Gasteiger partial charge on any atom is 0.132 e. The summed E-state index contributed by atoms with van der Waals surface area (Å²) in [6, 6.07) is 5.78. The number of allylic oxidation sites excluding steroid dienone is 1. The Hall–Kier alpha value is -1.74. The lowest BCUT2D eigenvalue weighted by Gasteiger charge is -2.07. The molecule has 106 valence electrons. The zero-order valence-electron chi connectivity index (χ0n) is 12.0. The van der Waals surface area contributed by atoms with Gasteiger partial charge in [0.15, 0.2) is 0 Å². The smallest absolute Gasteiger partial charge is 0.132 e. The third kappa shape index (κ3) is 2.73. The number of nitrogens with zero attached hydrogens (tertiary/aromatic N) is 2. The highest BCUT2D eigenvalue weighted by Crippen LogP contribution is 2.31. The molecule has 20 heavy (non-hydrogen) atoms. The van der Waals surface area contributed by atoms with E-state index in [1.807, 2.05) is 35.8 Å². The molecule has 0 aliphatic heterocycles. The minimum atomic E-state index is 0.681. The van der Waals surface area contributed by atoms with E-state index in [0.29, 0.717) is 12.4 Å². The maximum atomic E-state index is 6.28. The number of nitrogen functional groups attached to an aromatic ring is 1. The number of aryl methyl sites for hydroxylation is 2. The van der Waals surface area contributed by atoms with Crippen LogP contribution < -0.4 is 5.73 Å². The summed E-state index contributed by atoms with van der Waals surface area (Å²) in [6.45, 7) is 8.62. The van der Waals surface area contributed by atoms with Crippen molar-refractivity contribution in [2.45, 2.75) is 33.2 Å². The Bertz CT molecular complexity index is 629. The highest BCUT2D eigenvalue weighted by molar-refractivity contribution is 6.30. The van der Waals surface area contributed by atoms with E-state index in [0.717, 1.165) is 40.5 Å². The van der Waals surface area contributed by atoms with Gasteiger partial charge in [-0.15, -0.1) is 6.58 Å². The minimum absolute atomic E-state index is 0.681. The third-order valence-corrected chi connectivity index (χ3v) is 3.55. The largest absolute Gasteiger partial charge is 0.383 e. The van der Waals surface area contributed by atoms with Gasteiger partial charge < -0.3 is 10.3 Å². The first-order valence-electron chi connectivity index (χ1n) is 6.80. The molecule has 2 rings (SSSR count). The van der Waals surface area contributed by atoms with Gasteiger partial charge in [-0.2, -0.15) is 0 Å². The predicted molar refractivity (Wildman–Crippen MR) is 86.0 cm³/mol. The van der Waals surface area contributed by atoms with Gasteiger partial charge in [0.05, 0.1) is 0 Å². The van der Waals surface area contributed by atoms with Crippen LogP contribution in [0.4, 0.5) is 5.82 Å². The SMILES string of the molecule is C=CCn1c(CCC)nc(-c2ccc(Cl)cc2C)c1N. The summed E-state index contributed by atoms with van der Waals surface area (Å²) >= 11 is 6.01. The Morgan fingerprint density at radius 3 is 2.80 bits per heavy atom. The quantitative estimate of drug-likeness (QED) is 0.837. The van der Waals surface area contributed by atoms with Crippen molar-refractivity contribution in [2.75, 3.05) is 5.73 Å². The first-order chi connectivity index (χ1) is 9.58. The van der Waals surface area contributed by atoms with Crippen LogP contribution in [0.1, 0.15) is 24.7 Å². The van der Waals surface area contributed by atoms with E-state index in [9.17, 15) is 0 Å². The molecular formula is C16H20ClN3. The second-order valence-corrected chi connectivity index (χ2v) is 5.31. The predicted octanol–water partition coefficient (Wildman–Crippen LogP) is 4.23. The standard InChI is InChI=1S/C16H20ClN3/c1-4-6-14-19-15(16(18)20(14)9-5-2)13-8-7-12(17)10-11(13)3/h5,7-8,10H,2,4,6,9,18H2,1,3H3. The number of nitrogens with two attached hydrogens (primary N) is 1. The van der Waals surface area contributed by atoms with Crippen LogP contribution >= 0.6 is 11.6 Å². The van der Waals surface area contributed by atoms with Crippen LogP contribution in [0.2, 0.25) is 5.02 Å². The van der Waals surface area contributed by atoms with Gasteiger partial charge in [0.2, 0.25) is 0 Å². The van der Waals surface area contributed by atoms with Crippen molar-refractivity contribution in [1.29, 1.82) is 0 Å². The number of halogens is 1. The Balaban J connectivity index is 2.56. The average Bonchev–Trinajstić information content (AvgIpc) is 2.69. The van der Waals surface area contributed by atoms with Gasteiger partial charge in [-0.1, -0.05) is 30.7 Å². The summed E-state index contributed by atoms with van der Waals surface area (Å²) in [4.78, 5) is 4.73. The number of anilines is 1. The lowest BCUT2D eigenvalue weighted by molar-refractivity contribution is 0.724. The van der Waals surface area contributed by atoms with Crippen LogP contribution in [0, 0.1) is 6.92 Å². The summed E-state index contributed by atoms with van der Waals surface area (Å²) in [5, 5.41) is 0.726. The normalized spacial score (nSPS) is 10.8. The van der Waals surface area contributed by atoms with E-state index in [1.54, 1.807) is 0 Å². The van der Waals surface area contributed by atoms with Crippen LogP contribution in [0.25, 0.3) is 11.3 Å². The van der Waals surface area contributed by atoms with Crippen molar-refractivity contribution >= 4 is 17.4 Å². The highest BCUT2D eigenvalue weighted by Gasteiger charge is 2.16. The number of benzene rings is 1. The summed E-state index contributed by atoms with van der Waals surface area (Å²) in [5.41, 5.74) is 9.23. The second-order valence-electron chi connectivity index (χ2n) is 4.87. The first-order valence-corrected chi connectivity index (χ1v) is 7.18. The Kier molecular flexibility index (Phi) is 4.50. The Morgan fingerprint density at radius 2 is 2.20 bits per heavy atom. The molecule has 0 fully saturated rings. The molecule has 0 amide bonds. The van der Waals surface area contributed by atoms with Crippen molar-refractivity contribution in [3.63, 3.8) is 0 Å². The van der Waals surface area contributed by atoms with Gasteiger partial charge >= 0.3 is 0 Å². The molecule has 0 atom stereocenters. The molecule has 0 saturated heterocycles. The zero-order valence-corrected chi connectivity index (χ0v) is 12.7. The molecule has 1 heterocycles. The summed E-state index contributed by atoms with van der Waals surface area (Å²) in [7, 11) is 0. The van der Waals surface area contributed by atoms with Crippen LogP contribution in [-0.2, 0) is 13.0 Å². The van der Waals surface area contributed by atoms with Gasteiger partial charge in [0.1, 0.15) is 17.3 Å². The van der Waals surface area contributed by atoms with Crippen LogP contribution in [0.5, 0.6) is 0 Å². The maximum absolute atomic E-state index is 6.28. The van der Waals surface area contributed by atoms with E-state index < -0.39 is 0 Å². The van der Waals surface area contributed by atoms with Crippen molar-refractivity contribution in [1.82, 2.24) is 9.55 Å². The minimum Gasteiger partial charge on any atom is -0.383 e. The van der Waals surface area contributed by atoms with Crippen molar-refractivity contribution < 1.29 is 0 Å². The van der Waals surface area contributed by atoms with Gasteiger partial charge in [-0.05, 0) is 31.0 Å². The molecule has 2 N–H and O–H groups in total. The van der Waals surface area contributed by atoms with E-state index >= 15 is 0 Å². The van der Waals surface area contributed by atoms with Gasteiger partial charge in [0, 0.05) is 23.6 Å². The Labute approximate surface area is 125 Å². The summed E-state index contributed by atoms with van der Waals surface area (Å²) < 4.78 is 2.03. The molecule has 3 nitrogen and oxygen atoms in total. The number of rotatable bonds is 5. The molecular weight excluding hydrogens is 270 g/mol. The van der Waals surface area contributed by atoms with Crippen molar-refractivity contribution in [2.24, 2.45) is 0 Å². The van der Waals surface area contributed by atoms with E-state index in [1.165, 1.54) is 0 Å². The summed E-state index contributed by atoms with van der Waals surface area (Å²) in [5.74, 6) is 1.70. The molecule has 0 radical (unpaired) electrons. The lowest BCUT2D eigenvalue weighted by Crippen LogP contribution is -2.05. The van der Waals surface area contributed by atoms with Crippen LogP contribution in [0.15, 0.2) is 30.9 Å². The lowest BCUT2D eigenvalue weighted by atomic mass is 10.1. The van der Waals surface area contributed by atoms with Crippen molar-refractivity contribution in [3.8, 4) is 11.3 Å². The molecule has 0 unspecified atom stereocenters. The first kappa shape index (κ1) is 14.7. The average molecular weight is 290 g/mol. The zero-order chi connectivity index (χ0) is 14.7. The molecule has 0 saturated carbocycles. The molecule has 0 aliphatic rings. The molecule has 0 aliphatic carbocycles. The fraction of sp³-hybridized carbons (Fsp3) is 0.312. The van der Waals surface area contributed by atoms with Gasteiger partial charge in [-0.25, -0.2) is 4.98 Å². The molecule has 0 bridgehead atoms. The fourth-order valence-electron chi connectivity index (χ4n) is 2.35. The molecule has 4 heteroatoms. The van der Waals surface area contributed by atoms with E-state index in [4.69, 9.17) is 22.3 Å².